The fourth-order valence-corrected chi connectivity index (χ4v) is 7.04. The second-order valence-electron chi connectivity index (χ2n) is 11.8. The molecule has 1 aliphatic rings. The molecular formula is C28H38BrN3O4SSi. The minimum Gasteiger partial charge on any atom is -0.487 e. The molecule has 1 fully saturated rings. The number of ether oxygens (including phenoxy) is 1. The Balaban J connectivity index is 1.49. The molecule has 10 heteroatoms. The fourth-order valence-electron chi connectivity index (χ4n) is 4.42. The molecule has 3 aromatic rings. The zero-order valence-electron chi connectivity index (χ0n) is 23.0. The lowest BCUT2D eigenvalue weighted by atomic mass is 9.95. The number of sulfone groups is 1. The molecule has 38 heavy (non-hydrogen) atoms. The summed E-state index contributed by atoms with van der Waals surface area (Å²) in [6.45, 7) is 11.5. The highest BCUT2D eigenvalue weighted by Gasteiger charge is 2.40. The molecule has 1 N–H and O–H groups in total. The van der Waals surface area contributed by atoms with Crippen LogP contribution < -0.4 is 10.1 Å². The molecule has 206 valence electrons. The van der Waals surface area contributed by atoms with Crippen LogP contribution in [0.5, 0.6) is 5.75 Å². The predicted molar refractivity (Wildman–Crippen MR) is 160 cm³/mol. The van der Waals surface area contributed by atoms with Crippen molar-refractivity contribution in [2.24, 2.45) is 0 Å². The van der Waals surface area contributed by atoms with Gasteiger partial charge in [0, 0.05) is 29.6 Å². The first-order valence-corrected chi connectivity index (χ1v) is 18.8. The molecule has 1 heterocycles. The molecule has 1 aliphatic carbocycles. The molecular weight excluding hydrogens is 582 g/mol. The molecule has 4 rings (SSSR count). The van der Waals surface area contributed by atoms with Crippen molar-refractivity contribution in [2.45, 2.75) is 82.5 Å². The van der Waals surface area contributed by atoms with E-state index in [1.54, 1.807) is 18.3 Å². The van der Waals surface area contributed by atoms with E-state index >= 15 is 0 Å². The van der Waals surface area contributed by atoms with E-state index in [1.807, 2.05) is 24.3 Å². The maximum atomic E-state index is 11.7. The predicted octanol–water partition coefficient (Wildman–Crippen LogP) is 7.39. The molecule has 0 radical (unpaired) electrons. The number of rotatable bonds is 8. The van der Waals surface area contributed by atoms with Crippen LogP contribution in [-0.2, 0) is 20.0 Å². The lowest BCUT2D eigenvalue weighted by molar-refractivity contribution is 0.0729. The first-order chi connectivity index (χ1) is 17.7. The third-order valence-electron chi connectivity index (χ3n) is 7.44. The monoisotopic (exact) mass is 619 g/mol. The van der Waals surface area contributed by atoms with Gasteiger partial charge in [-0.3, -0.25) is 0 Å². The molecule has 1 saturated carbocycles. The highest BCUT2D eigenvalue weighted by molar-refractivity contribution is 9.10. The molecule has 0 saturated heterocycles. The van der Waals surface area contributed by atoms with E-state index in [-0.39, 0.29) is 16.9 Å². The molecule has 0 atom stereocenters. The molecule has 2 aromatic carbocycles. The summed E-state index contributed by atoms with van der Waals surface area (Å²) >= 11 is 3.66. The minimum absolute atomic E-state index is 0.0186. The average Bonchev–Trinajstić information content (AvgIpc) is 2.80. The van der Waals surface area contributed by atoms with Crippen LogP contribution >= 0.6 is 15.9 Å². The van der Waals surface area contributed by atoms with Gasteiger partial charge in [-0.25, -0.2) is 18.4 Å². The van der Waals surface area contributed by atoms with Crippen LogP contribution in [0.2, 0.25) is 18.1 Å². The largest absolute Gasteiger partial charge is 0.487 e. The number of fused-ring (bicyclic) bond motifs is 1. The van der Waals surface area contributed by atoms with Gasteiger partial charge in [-0.1, -0.05) is 32.9 Å². The van der Waals surface area contributed by atoms with Gasteiger partial charge < -0.3 is 14.5 Å². The third kappa shape index (κ3) is 7.34. The van der Waals surface area contributed by atoms with Crippen LogP contribution in [0.15, 0.2) is 47.1 Å². The van der Waals surface area contributed by atoms with E-state index in [0.29, 0.717) is 23.4 Å². The van der Waals surface area contributed by atoms with Gasteiger partial charge in [0.1, 0.15) is 5.52 Å². The van der Waals surface area contributed by atoms with Gasteiger partial charge in [0.15, 0.2) is 23.9 Å². The lowest BCUT2D eigenvalue weighted by Gasteiger charge is -2.41. The van der Waals surface area contributed by atoms with Crippen molar-refractivity contribution in [3.8, 4) is 5.75 Å². The standard InChI is InChI=1S/C28H38BrN3O4SSi/c1-28(2,3)38(5,6)36-23-13-11-22(12-14-23)35-26-24(29)15-10-20-17-30-27(32-25(20)26)31-21-9-7-8-19(16-21)18-37(4,33)34/h7-10,15-17,22-23H,11-14,18H2,1-6H3,(H,30,31,32)/t22-,23+. The quantitative estimate of drug-likeness (QED) is 0.263. The number of nitrogens with one attached hydrogen (secondary N) is 1. The molecule has 0 unspecified atom stereocenters. The Kier molecular flexibility index (Phi) is 8.57. The van der Waals surface area contributed by atoms with Crippen molar-refractivity contribution in [1.29, 1.82) is 0 Å². The summed E-state index contributed by atoms with van der Waals surface area (Å²) in [6.07, 6.45) is 7.24. The van der Waals surface area contributed by atoms with Gasteiger partial charge in [0.25, 0.3) is 0 Å². The molecule has 7 nitrogen and oxygen atoms in total. The Morgan fingerprint density at radius 1 is 1.08 bits per heavy atom. The van der Waals surface area contributed by atoms with Crippen LogP contribution in [0.3, 0.4) is 0 Å². The fraction of sp³-hybridized carbons (Fsp3) is 0.500. The topological polar surface area (TPSA) is 90.4 Å². The Hall–Kier alpha value is -2.01. The molecule has 0 amide bonds. The minimum atomic E-state index is -3.13. The second-order valence-corrected chi connectivity index (χ2v) is 19.5. The summed E-state index contributed by atoms with van der Waals surface area (Å²) in [4.78, 5) is 9.24. The normalized spacial score (nSPS) is 18.9. The first-order valence-electron chi connectivity index (χ1n) is 13.0. The Morgan fingerprint density at radius 2 is 1.76 bits per heavy atom. The number of aromatic nitrogens is 2. The Morgan fingerprint density at radius 3 is 2.42 bits per heavy atom. The van der Waals surface area contributed by atoms with Crippen molar-refractivity contribution in [3.63, 3.8) is 0 Å². The Labute approximate surface area is 235 Å². The van der Waals surface area contributed by atoms with Crippen molar-refractivity contribution < 1.29 is 17.6 Å². The second kappa shape index (κ2) is 11.2. The number of anilines is 2. The smallest absolute Gasteiger partial charge is 0.227 e. The third-order valence-corrected chi connectivity index (χ3v) is 13.5. The maximum Gasteiger partial charge on any atom is 0.227 e. The number of nitrogens with zero attached hydrogens (tertiary/aromatic N) is 2. The number of hydrogen-bond donors (Lipinski definition) is 1. The molecule has 1 aromatic heterocycles. The van der Waals surface area contributed by atoms with Gasteiger partial charge in [-0.15, -0.1) is 0 Å². The highest BCUT2D eigenvalue weighted by Crippen LogP contribution is 2.40. The summed E-state index contributed by atoms with van der Waals surface area (Å²) < 4.78 is 37.5. The van der Waals surface area contributed by atoms with E-state index in [9.17, 15) is 8.42 Å². The van der Waals surface area contributed by atoms with Crippen LogP contribution in [-0.4, -0.2) is 45.2 Å². The number of benzene rings is 2. The van der Waals surface area contributed by atoms with Gasteiger partial charge in [-0.2, -0.15) is 0 Å². The molecule has 0 spiro atoms. The molecule has 0 aliphatic heterocycles. The van der Waals surface area contributed by atoms with Crippen molar-refractivity contribution in [2.75, 3.05) is 11.6 Å². The average molecular weight is 621 g/mol. The van der Waals surface area contributed by atoms with Crippen molar-refractivity contribution in [1.82, 2.24) is 9.97 Å². The van der Waals surface area contributed by atoms with E-state index in [0.717, 1.165) is 46.7 Å². The van der Waals surface area contributed by atoms with E-state index in [4.69, 9.17) is 14.1 Å². The summed E-state index contributed by atoms with van der Waals surface area (Å²) in [6, 6.07) is 11.2. The van der Waals surface area contributed by atoms with Crippen LogP contribution in [0.25, 0.3) is 10.9 Å². The van der Waals surface area contributed by atoms with Crippen molar-refractivity contribution >= 4 is 56.6 Å². The van der Waals surface area contributed by atoms with Gasteiger partial charge in [0.05, 0.1) is 16.3 Å². The van der Waals surface area contributed by atoms with E-state index in [2.05, 4.69) is 60.1 Å². The van der Waals surface area contributed by atoms with Crippen LogP contribution in [0.1, 0.15) is 52.0 Å². The van der Waals surface area contributed by atoms with E-state index in [1.165, 1.54) is 6.26 Å². The van der Waals surface area contributed by atoms with Crippen LogP contribution in [0, 0.1) is 0 Å². The van der Waals surface area contributed by atoms with E-state index < -0.39 is 18.2 Å². The first kappa shape index (κ1) is 29.0. The maximum absolute atomic E-state index is 11.7. The van der Waals surface area contributed by atoms with Crippen molar-refractivity contribution in [3.05, 3.63) is 52.6 Å². The SMILES string of the molecule is CC(C)(C)[Si](C)(C)O[C@H]1CC[C@@H](Oc2c(Br)ccc3cnc(Nc4cccc(CS(C)(=O)=O)c4)nc23)CC1. The summed E-state index contributed by atoms with van der Waals surface area (Å²) in [5.74, 6) is 1.12. The summed E-state index contributed by atoms with van der Waals surface area (Å²) in [5, 5.41) is 4.30. The molecule has 0 bridgehead atoms. The summed E-state index contributed by atoms with van der Waals surface area (Å²) in [7, 11) is -4.92. The van der Waals surface area contributed by atoms with Gasteiger partial charge >= 0.3 is 0 Å². The zero-order valence-corrected chi connectivity index (χ0v) is 26.4. The number of hydrogen-bond acceptors (Lipinski definition) is 7. The Bertz CT molecular complexity index is 1400. The zero-order chi connectivity index (χ0) is 27.7. The van der Waals surface area contributed by atoms with Gasteiger partial charge in [0.2, 0.25) is 5.95 Å². The van der Waals surface area contributed by atoms with Gasteiger partial charge in [-0.05, 0) is 89.6 Å². The van der Waals surface area contributed by atoms with Crippen LogP contribution in [0.4, 0.5) is 11.6 Å². The lowest BCUT2D eigenvalue weighted by Crippen LogP contribution is -2.45. The summed E-state index contributed by atoms with van der Waals surface area (Å²) in [5.41, 5.74) is 2.16. The highest BCUT2D eigenvalue weighted by atomic mass is 79.9. The number of halogens is 1.